The van der Waals surface area contributed by atoms with Gasteiger partial charge in [0.2, 0.25) is 0 Å². The molecule has 0 aliphatic rings. The topological polar surface area (TPSA) is 45.0 Å². The van der Waals surface area contributed by atoms with Gasteiger partial charge in [0.25, 0.3) is 0 Å². The minimum Gasteiger partial charge on any atom is -0.376 e. The Hall–Kier alpha value is -2.33. The van der Waals surface area contributed by atoms with E-state index >= 15 is 0 Å². The molecule has 19 heavy (non-hydrogen) atoms. The smallest absolute Gasteiger partial charge is 0.175 e. The molecule has 1 heterocycles. The predicted molar refractivity (Wildman–Crippen MR) is 83.7 cm³/mol. The third-order valence-corrected chi connectivity index (χ3v) is 3.23. The number of rotatable bonds is 2. The molecule has 0 amide bonds. The Kier molecular flexibility index (Phi) is 2.93. The summed E-state index contributed by atoms with van der Waals surface area (Å²) in [6.45, 7) is 0. The number of para-hydroxylation sites is 2. The molecule has 1 aromatic heterocycles. The summed E-state index contributed by atoms with van der Waals surface area (Å²) in [4.78, 5) is 5.11. The number of anilines is 2. The van der Waals surface area contributed by atoms with Crippen LogP contribution < -0.4 is 10.6 Å². The highest BCUT2D eigenvalue weighted by atomic mass is 32.1. The second-order valence-corrected chi connectivity index (χ2v) is 4.65. The van der Waals surface area contributed by atoms with Gasteiger partial charge in [-0.1, -0.05) is 36.4 Å². The monoisotopic (exact) mass is 267 g/mol. The molecule has 0 fully saturated rings. The van der Waals surface area contributed by atoms with E-state index in [-0.39, 0.29) is 0 Å². The number of hydrogen-bond donors (Lipinski definition) is 2. The van der Waals surface area contributed by atoms with Crippen molar-refractivity contribution in [2.24, 2.45) is 5.73 Å². The number of thiocarbonyl (C=S) groups is 1. The number of fused-ring (bicyclic) bond motifs is 1. The Balaban J connectivity index is 2.18. The largest absolute Gasteiger partial charge is 0.376 e. The second kappa shape index (κ2) is 4.74. The van der Waals surface area contributed by atoms with Gasteiger partial charge in [0.1, 0.15) is 0 Å². The molecule has 0 radical (unpaired) electrons. The third kappa shape index (κ3) is 2.06. The van der Waals surface area contributed by atoms with Gasteiger partial charge in [-0.2, -0.15) is 0 Å². The van der Waals surface area contributed by atoms with Crippen LogP contribution in [0.2, 0.25) is 0 Å². The van der Waals surface area contributed by atoms with Gasteiger partial charge >= 0.3 is 0 Å². The van der Waals surface area contributed by atoms with Crippen molar-refractivity contribution in [1.82, 2.24) is 4.98 Å². The zero-order valence-electron chi connectivity index (χ0n) is 10.2. The van der Waals surface area contributed by atoms with E-state index in [2.05, 4.69) is 11.1 Å². The Labute approximate surface area is 116 Å². The summed E-state index contributed by atoms with van der Waals surface area (Å²) in [6, 6.07) is 18.0. The second-order valence-electron chi connectivity index (χ2n) is 4.23. The van der Waals surface area contributed by atoms with E-state index in [1.54, 1.807) is 0 Å². The first-order valence-corrected chi connectivity index (χ1v) is 6.39. The van der Waals surface area contributed by atoms with Gasteiger partial charge in [-0.15, -0.1) is 0 Å². The fourth-order valence-corrected chi connectivity index (χ4v) is 2.41. The maximum atomic E-state index is 5.89. The molecule has 0 atom stereocenters. The minimum atomic E-state index is 0.330. The van der Waals surface area contributed by atoms with Crippen molar-refractivity contribution in [3.63, 3.8) is 0 Å². The summed E-state index contributed by atoms with van der Waals surface area (Å²) in [5, 5.41) is 1.43. The zero-order chi connectivity index (χ0) is 13.2. The summed E-state index contributed by atoms with van der Waals surface area (Å²) in [7, 11) is 0. The van der Waals surface area contributed by atoms with Crippen LogP contribution in [0.15, 0.2) is 60.8 Å². The standard InChI is InChI=1S/C15H13N3S/c16-15(19)18(11-6-2-1-3-7-11)14-10-17-13-9-5-4-8-12(13)14/h1-10,17H,(H2,16,19). The Morgan fingerprint density at radius 3 is 2.42 bits per heavy atom. The number of nitrogens with two attached hydrogens (primary N) is 1. The molecule has 4 heteroatoms. The molecule has 0 bridgehead atoms. The van der Waals surface area contributed by atoms with Crippen LogP contribution in [0.25, 0.3) is 10.9 Å². The van der Waals surface area contributed by atoms with Crippen molar-refractivity contribution in [2.45, 2.75) is 0 Å². The first-order chi connectivity index (χ1) is 9.27. The average Bonchev–Trinajstić information content (AvgIpc) is 2.84. The van der Waals surface area contributed by atoms with E-state index in [1.165, 1.54) is 0 Å². The van der Waals surface area contributed by atoms with Crippen LogP contribution in [-0.2, 0) is 0 Å². The molecular weight excluding hydrogens is 254 g/mol. The fourth-order valence-electron chi connectivity index (χ4n) is 2.20. The van der Waals surface area contributed by atoms with Gasteiger partial charge in [-0.3, -0.25) is 4.90 Å². The van der Waals surface area contributed by atoms with Crippen LogP contribution in [0.5, 0.6) is 0 Å². The Bertz CT molecular complexity index is 718. The van der Waals surface area contributed by atoms with E-state index in [1.807, 2.05) is 59.6 Å². The van der Waals surface area contributed by atoms with Gasteiger partial charge in [0.05, 0.1) is 5.69 Å². The predicted octanol–water partition coefficient (Wildman–Crippen LogP) is 3.55. The van der Waals surface area contributed by atoms with Gasteiger partial charge in [-0.05, 0) is 30.4 Å². The van der Waals surface area contributed by atoms with Crippen molar-refractivity contribution in [1.29, 1.82) is 0 Å². The average molecular weight is 267 g/mol. The lowest BCUT2D eigenvalue weighted by molar-refractivity contribution is 1.34. The van der Waals surface area contributed by atoms with Gasteiger partial charge in [-0.25, -0.2) is 0 Å². The Morgan fingerprint density at radius 1 is 1.00 bits per heavy atom. The normalized spacial score (nSPS) is 10.5. The molecule has 94 valence electrons. The summed E-state index contributed by atoms with van der Waals surface area (Å²) in [5.74, 6) is 0. The number of H-pyrrole nitrogens is 1. The third-order valence-electron chi connectivity index (χ3n) is 3.04. The lowest BCUT2D eigenvalue weighted by Gasteiger charge is -2.22. The molecule has 2 aromatic carbocycles. The maximum Gasteiger partial charge on any atom is 0.175 e. The minimum absolute atomic E-state index is 0.330. The maximum absolute atomic E-state index is 5.89. The van der Waals surface area contributed by atoms with Crippen molar-refractivity contribution in [3.05, 3.63) is 60.8 Å². The van der Waals surface area contributed by atoms with Crippen LogP contribution in [0.4, 0.5) is 11.4 Å². The molecule has 3 rings (SSSR count). The van der Waals surface area contributed by atoms with Crippen LogP contribution in [-0.4, -0.2) is 10.1 Å². The van der Waals surface area contributed by atoms with Crippen LogP contribution >= 0.6 is 12.2 Å². The molecule has 0 aliphatic carbocycles. The van der Waals surface area contributed by atoms with Gasteiger partial charge < -0.3 is 10.7 Å². The van der Waals surface area contributed by atoms with E-state index in [0.717, 1.165) is 22.3 Å². The van der Waals surface area contributed by atoms with Crippen molar-refractivity contribution in [2.75, 3.05) is 4.90 Å². The van der Waals surface area contributed by atoms with Crippen molar-refractivity contribution in [3.8, 4) is 0 Å². The summed E-state index contributed by atoms with van der Waals surface area (Å²) in [6.07, 6.45) is 1.93. The lowest BCUT2D eigenvalue weighted by atomic mass is 10.2. The highest BCUT2D eigenvalue weighted by molar-refractivity contribution is 7.80. The highest BCUT2D eigenvalue weighted by Gasteiger charge is 2.15. The molecule has 3 nitrogen and oxygen atoms in total. The SMILES string of the molecule is NC(=S)N(c1ccccc1)c1c[nH]c2ccccc12. The molecule has 0 aliphatic heterocycles. The summed E-state index contributed by atoms with van der Waals surface area (Å²) < 4.78 is 0. The molecule has 3 aromatic rings. The summed E-state index contributed by atoms with van der Waals surface area (Å²) >= 11 is 5.20. The molecule has 0 saturated heterocycles. The molecule has 0 saturated carbocycles. The first-order valence-electron chi connectivity index (χ1n) is 5.98. The zero-order valence-corrected chi connectivity index (χ0v) is 11.0. The van der Waals surface area contributed by atoms with Crippen molar-refractivity contribution < 1.29 is 0 Å². The van der Waals surface area contributed by atoms with Gasteiger partial charge in [0, 0.05) is 22.8 Å². The lowest BCUT2D eigenvalue weighted by Crippen LogP contribution is -2.30. The van der Waals surface area contributed by atoms with Crippen molar-refractivity contribution >= 4 is 39.6 Å². The fraction of sp³-hybridized carbons (Fsp3) is 0. The van der Waals surface area contributed by atoms with E-state index in [9.17, 15) is 0 Å². The molecule has 0 spiro atoms. The quantitative estimate of drug-likeness (QED) is 0.698. The van der Waals surface area contributed by atoms with Crippen LogP contribution in [0.3, 0.4) is 0 Å². The van der Waals surface area contributed by atoms with Crippen LogP contribution in [0, 0.1) is 0 Å². The number of nitrogens with one attached hydrogen (secondary N) is 1. The number of benzene rings is 2. The molecular formula is C15H13N3S. The molecule has 3 N–H and O–H groups in total. The van der Waals surface area contributed by atoms with Gasteiger partial charge in [0.15, 0.2) is 5.11 Å². The number of aromatic nitrogens is 1. The summed E-state index contributed by atoms with van der Waals surface area (Å²) in [5.41, 5.74) is 8.88. The first kappa shape index (κ1) is 11.7. The Morgan fingerprint density at radius 2 is 1.68 bits per heavy atom. The van der Waals surface area contributed by atoms with Crippen LogP contribution in [0.1, 0.15) is 0 Å². The highest BCUT2D eigenvalue weighted by Crippen LogP contribution is 2.31. The number of hydrogen-bond acceptors (Lipinski definition) is 1. The molecule has 0 unspecified atom stereocenters. The van der Waals surface area contributed by atoms with E-state index in [0.29, 0.717) is 5.11 Å². The number of aromatic amines is 1. The van der Waals surface area contributed by atoms with E-state index in [4.69, 9.17) is 18.0 Å². The number of nitrogens with zero attached hydrogens (tertiary/aromatic N) is 1. The van der Waals surface area contributed by atoms with E-state index < -0.39 is 0 Å².